The molecule has 0 saturated heterocycles. The van der Waals surface area contributed by atoms with E-state index in [4.69, 9.17) is 5.73 Å². The average molecular weight is 514 g/mol. The van der Waals surface area contributed by atoms with Gasteiger partial charge in [-0.15, -0.1) is 0 Å². The van der Waals surface area contributed by atoms with E-state index in [1.54, 1.807) is 24.3 Å². The molecule has 2 fully saturated rings. The molecule has 2 aliphatic carbocycles. The van der Waals surface area contributed by atoms with Crippen molar-refractivity contribution in [3.8, 4) is 11.1 Å². The second kappa shape index (κ2) is 10.9. The number of carboxylic acid groups (broad SMARTS) is 1. The molecular weight excluding hydrogens is 476 g/mol. The zero-order chi connectivity index (χ0) is 26.8. The number of halogens is 2. The number of hydrogen-bond donors (Lipinski definition) is 4. The molecule has 2 aliphatic rings. The summed E-state index contributed by atoms with van der Waals surface area (Å²) in [6.07, 6.45) is 1.86. The Balaban J connectivity index is 1.50. The van der Waals surface area contributed by atoms with E-state index in [0.29, 0.717) is 44.1 Å². The van der Waals surface area contributed by atoms with Gasteiger partial charge in [-0.1, -0.05) is 68.8 Å². The van der Waals surface area contributed by atoms with E-state index in [2.05, 4.69) is 10.6 Å². The first-order valence-corrected chi connectivity index (χ1v) is 13.1. The molecule has 4 rings (SSSR count). The molecule has 200 valence electrons. The van der Waals surface area contributed by atoms with Crippen LogP contribution in [0, 0.1) is 11.3 Å². The topological polar surface area (TPSA) is 104 Å². The maximum absolute atomic E-state index is 14.2. The number of carbonyl (C=O) groups excluding carboxylic acids is 1. The summed E-state index contributed by atoms with van der Waals surface area (Å²) in [6, 6.07) is 12.5. The first kappa shape index (κ1) is 27.2. The number of hydrogen-bond acceptors (Lipinski definition) is 4. The number of aliphatic carboxylic acids is 1. The standard InChI is InChI=1S/C29H37F2N3O3/c1-18(2)15-23(26(35)34-29(32)13-14-29)33-24(25(30)31)21-9-7-20(8-10-21)22-6-3-5-19(16-22)17-28(27(36)37)11-4-12-28/h3,5-10,16,18,23-25,33H,4,11-15,17,32H2,1-2H3,(H,34,35)(H,36,37)/t23-,24-/m0/s1. The molecule has 0 aliphatic heterocycles. The molecular formula is C29H37F2N3O3. The van der Waals surface area contributed by atoms with Crippen molar-refractivity contribution >= 4 is 11.9 Å². The lowest BCUT2D eigenvalue weighted by Crippen LogP contribution is -2.53. The largest absolute Gasteiger partial charge is 0.481 e. The summed E-state index contributed by atoms with van der Waals surface area (Å²) < 4.78 is 28.3. The zero-order valence-electron chi connectivity index (χ0n) is 21.5. The first-order valence-electron chi connectivity index (χ1n) is 13.1. The third-order valence-electron chi connectivity index (χ3n) is 7.65. The van der Waals surface area contributed by atoms with Gasteiger partial charge < -0.3 is 16.2 Å². The van der Waals surface area contributed by atoms with Crippen molar-refractivity contribution in [1.82, 2.24) is 10.6 Å². The predicted octanol–water partition coefficient (Wildman–Crippen LogP) is 5.03. The molecule has 5 N–H and O–H groups in total. The number of carboxylic acids is 1. The Labute approximate surface area is 217 Å². The van der Waals surface area contributed by atoms with E-state index in [0.717, 1.165) is 23.1 Å². The van der Waals surface area contributed by atoms with Crippen LogP contribution in [0.4, 0.5) is 8.78 Å². The van der Waals surface area contributed by atoms with Crippen LogP contribution in [0.1, 0.15) is 69.5 Å². The first-order chi connectivity index (χ1) is 17.5. The number of nitrogens with two attached hydrogens (primary N) is 1. The molecule has 2 saturated carbocycles. The molecule has 8 heteroatoms. The van der Waals surface area contributed by atoms with Crippen LogP contribution in [-0.2, 0) is 16.0 Å². The second-order valence-electron chi connectivity index (χ2n) is 11.2. The lowest BCUT2D eigenvalue weighted by atomic mass is 9.65. The van der Waals surface area contributed by atoms with Crippen LogP contribution >= 0.6 is 0 Å². The third kappa shape index (κ3) is 6.54. The summed E-state index contributed by atoms with van der Waals surface area (Å²) in [5, 5.41) is 15.4. The minimum absolute atomic E-state index is 0.129. The maximum atomic E-state index is 14.2. The minimum atomic E-state index is -2.71. The lowest BCUT2D eigenvalue weighted by molar-refractivity contribution is -0.154. The van der Waals surface area contributed by atoms with Gasteiger partial charge >= 0.3 is 5.97 Å². The van der Waals surface area contributed by atoms with Gasteiger partial charge in [0.15, 0.2) is 0 Å². The Morgan fingerprint density at radius 3 is 2.22 bits per heavy atom. The Morgan fingerprint density at radius 2 is 1.70 bits per heavy atom. The predicted molar refractivity (Wildman–Crippen MR) is 139 cm³/mol. The summed E-state index contributed by atoms with van der Waals surface area (Å²) in [7, 11) is 0. The van der Waals surface area contributed by atoms with Gasteiger partial charge in [-0.25, -0.2) is 8.78 Å². The molecule has 0 bridgehead atoms. The van der Waals surface area contributed by atoms with Crippen LogP contribution in [0.15, 0.2) is 48.5 Å². The van der Waals surface area contributed by atoms with Gasteiger partial charge in [0.2, 0.25) is 5.91 Å². The number of rotatable bonds is 12. The summed E-state index contributed by atoms with van der Waals surface area (Å²) in [5.74, 6) is -0.968. The fraction of sp³-hybridized carbons (Fsp3) is 0.517. The van der Waals surface area contributed by atoms with E-state index in [1.807, 2.05) is 38.1 Å². The van der Waals surface area contributed by atoms with Gasteiger partial charge in [0, 0.05) is 0 Å². The summed E-state index contributed by atoms with van der Waals surface area (Å²) in [5.41, 5.74) is 7.73. The SMILES string of the molecule is CC(C)C[C@H](N[C@@H](c1ccc(-c2cccc(CC3(C(=O)O)CCC3)c2)cc1)C(F)F)C(=O)NC1(N)CC1. The summed E-state index contributed by atoms with van der Waals surface area (Å²) in [4.78, 5) is 24.6. The van der Waals surface area contributed by atoms with E-state index in [9.17, 15) is 23.5 Å². The van der Waals surface area contributed by atoms with Crippen LogP contribution in [0.5, 0.6) is 0 Å². The lowest BCUT2D eigenvalue weighted by Gasteiger charge is -2.37. The zero-order valence-corrected chi connectivity index (χ0v) is 21.5. The van der Waals surface area contributed by atoms with Gasteiger partial charge in [0.25, 0.3) is 6.43 Å². The fourth-order valence-electron chi connectivity index (χ4n) is 5.05. The minimum Gasteiger partial charge on any atom is -0.481 e. The van der Waals surface area contributed by atoms with Gasteiger partial charge in [0.1, 0.15) is 0 Å². The Hall–Kier alpha value is -2.84. The van der Waals surface area contributed by atoms with Crippen LogP contribution in [0.3, 0.4) is 0 Å². The summed E-state index contributed by atoms with van der Waals surface area (Å²) in [6.45, 7) is 3.89. The van der Waals surface area contributed by atoms with E-state index in [1.165, 1.54) is 0 Å². The molecule has 37 heavy (non-hydrogen) atoms. The fourth-order valence-corrected chi connectivity index (χ4v) is 5.05. The quantitative estimate of drug-likeness (QED) is 0.298. The Morgan fingerprint density at radius 1 is 1.03 bits per heavy atom. The van der Waals surface area contributed by atoms with E-state index >= 15 is 0 Å². The van der Waals surface area contributed by atoms with Gasteiger partial charge in [-0.3, -0.25) is 14.9 Å². The maximum Gasteiger partial charge on any atom is 0.309 e. The Bertz CT molecular complexity index is 1110. The van der Waals surface area contributed by atoms with E-state index in [-0.39, 0.29) is 11.8 Å². The molecule has 0 unspecified atom stereocenters. The molecule has 0 spiro atoms. The van der Waals surface area contributed by atoms with Crippen molar-refractivity contribution in [2.45, 2.75) is 83.0 Å². The highest BCUT2D eigenvalue weighted by Gasteiger charge is 2.44. The van der Waals surface area contributed by atoms with Crippen molar-refractivity contribution in [3.05, 3.63) is 59.7 Å². The monoisotopic (exact) mass is 513 g/mol. The average Bonchev–Trinajstić information content (AvgIpc) is 3.54. The Kier molecular flexibility index (Phi) is 7.99. The van der Waals surface area contributed by atoms with Crippen LogP contribution in [0.2, 0.25) is 0 Å². The molecule has 2 atom stereocenters. The normalized spacial score (nSPS) is 19.2. The van der Waals surface area contributed by atoms with Crippen molar-refractivity contribution < 1.29 is 23.5 Å². The molecule has 0 aromatic heterocycles. The van der Waals surface area contributed by atoms with Crippen molar-refractivity contribution in [2.75, 3.05) is 0 Å². The third-order valence-corrected chi connectivity index (χ3v) is 7.65. The molecule has 0 heterocycles. The molecule has 1 amide bonds. The van der Waals surface area contributed by atoms with Gasteiger partial charge in [-0.05, 0) is 66.7 Å². The number of benzene rings is 2. The van der Waals surface area contributed by atoms with Crippen molar-refractivity contribution in [2.24, 2.45) is 17.1 Å². The second-order valence-corrected chi connectivity index (χ2v) is 11.2. The highest BCUT2D eigenvalue weighted by molar-refractivity contribution is 5.83. The van der Waals surface area contributed by atoms with Crippen LogP contribution < -0.4 is 16.4 Å². The van der Waals surface area contributed by atoms with Crippen molar-refractivity contribution in [3.63, 3.8) is 0 Å². The molecule has 0 radical (unpaired) electrons. The molecule has 6 nitrogen and oxygen atoms in total. The number of alkyl halides is 2. The van der Waals surface area contributed by atoms with Crippen molar-refractivity contribution in [1.29, 1.82) is 0 Å². The highest BCUT2D eigenvalue weighted by atomic mass is 19.3. The summed E-state index contributed by atoms with van der Waals surface area (Å²) >= 11 is 0. The molecule has 2 aromatic rings. The van der Waals surface area contributed by atoms with Crippen LogP contribution in [0.25, 0.3) is 11.1 Å². The number of amides is 1. The van der Waals surface area contributed by atoms with Crippen LogP contribution in [-0.4, -0.2) is 35.1 Å². The van der Waals surface area contributed by atoms with E-state index < -0.39 is 35.6 Å². The smallest absolute Gasteiger partial charge is 0.309 e. The highest BCUT2D eigenvalue weighted by Crippen LogP contribution is 2.44. The number of nitrogens with one attached hydrogen (secondary N) is 2. The van der Waals surface area contributed by atoms with Gasteiger partial charge in [0.05, 0.1) is 23.2 Å². The number of carbonyl (C=O) groups is 2. The van der Waals surface area contributed by atoms with Gasteiger partial charge in [-0.2, -0.15) is 0 Å². The molecule has 2 aromatic carbocycles.